The number of anilines is 1. The standard InChI is InChI=1S/C7H7FN2O2/c8-4-5-3-6(10(11)12)1-2-7(5)9/h1-3H,4,9H2. The first-order chi connectivity index (χ1) is 5.65. The summed E-state index contributed by atoms with van der Waals surface area (Å²) in [7, 11) is 0. The molecule has 0 atom stereocenters. The average molecular weight is 170 g/mol. The van der Waals surface area contributed by atoms with Gasteiger partial charge in [0.2, 0.25) is 0 Å². The lowest BCUT2D eigenvalue weighted by Crippen LogP contribution is -1.94. The van der Waals surface area contributed by atoms with Gasteiger partial charge in [-0.1, -0.05) is 0 Å². The van der Waals surface area contributed by atoms with Crippen molar-refractivity contribution in [3.05, 3.63) is 33.9 Å². The maximum absolute atomic E-state index is 12.1. The molecule has 0 aliphatic heterocycles. The van der Waals surface area contributed by atoms with Crippen molar-refractivity contribution >= 4 is 11.4 Å². The number of nitrogens with two attached hydrogens (primary N) is 1. The molecule has 0 saturated carbocycles. The fraction of sp³-hybridized carbons (Fsp3) is 0.143. The van der Waals surface area contributed by atoms with Crippen LogP contribution < -0.4 is 5.73 Å². The lowest BCUT2D eigenvalue weighted by atomic mass is 10.2. The minimum Gasteiger partial charge on any atom is -0.398 e. The van der Waals surface area contributed by atoms with E-state index in [1.54, 1.807) is 0 Å². The van der Waals surface area contributed by atoms with Crippen molar-refractivity contribution < 1.29 is 9.31 Å². The molecule has 1 aromatic rings. The predicted octanol–water partition coefficient (Wildman–Crippen LogP) is 1.65. The fourth-order valence-electron chi connectivity index (χ4n) is 0.821. The molecule has 2 N–H and O–H groups in total. The number of nitrogen functional groups attached to an aromatic ring is 1. The molecule has 12 heavy (non-hydrogen) atoms. The van der Waals surface area contributed by atoms with E-state index >= 15 is 0 Å². The summed E-state index contributed by atoms with van der Waals surface area (Å²) in [6.07, 6.45) is 0. The summed E-state index contributed by atoms with van der Waals surface area (Å²) in [5, 5.41) is 10.2. The second kappa shape index (κ2) is 3.17. The Morgan fingerprint density at radius 1 is 1.58 bits per heavy atom. The van der Waals surface area contributed by atoms with Crippen molar-refractivity contribution in [2.75, 3.05) is 5.73 Å². The van der Waals surface area contributed by atoms with Crippen LogP contribution in [0.5, 0.6) is 0 Å². The molecule has 0 spiro atoms. The lowest BCUT2D eigenvalue weighted by molar-refractivity contribution is -0.384. The van der Waals surface area contributed by atoms with Gasteiger partial charge in [0.1, 0.15) is 6.67 Å². The van der Waals surface area contributed by atoms with Gasteiger partial charge in [-0.2, -0.15) is 0 Å². The summed E-state index contributed by atoms with van der Waals surface area (Å²) in [4.78, 5) is 9.64. The van der Waals surface area contributed by atoms with Crippen molar-refractivity contribution in [2.45, 2.75) is 6.67 Å². The molecule has 0 bridgehead atoms. The molecular formula is C7H7FN2O2. The first-order valence-corrected chi connectivity index (χ1v) is 3.24. The first kappa shape index (κ1) is 8.45. The maximum atomic E-state index is 12.1. The van der Waals surface area contributed by atoms with Crippen molar-refractivity contribution in [1.29, 1.82) is 0 Å². The Kier molecular flexibility index (Phi) is 2.23. The largest absolute Gasteiger partial charge is 0.398 e. The number of rotatable bonds is 2. The highest BCUT2D eigenvalue weighted by atomic mass is 19.1. The maximum Gasteiger partial charge on any atom is 0.269 e. The van der Waals surface area contributed by atoms with Gasteiger partial charge in [-0.25, -0.2) is 4.39 Å². The van der Waals surface area contributed by atoms with E-state index in [4.69, 9.17) is 5.73 Å². The fourth-order valence-corrected chi connectivity index (χ4v) is 0.821. The molecule has 0 unspecified atom stereocenters. The summed E-state index contributed by atoms with van der Waals surface area (Å²) in [6, 6.07) is 3.71. The van der Waals surface area contributed by atoms with Gasteiger partial charge < -0.3 is 5.73 Å². The van der Waals surface area contributed by atoms with E-state index in [0.29, 0.717) is 0 Å². The van der Waals surface area contributed by atoms with Crippen LogP contribution >= 0.6 is 0 Å². The van der Waals surface area contributed by atoms with Gasteiger partial charge in [0, 0.05) is 23.4 Å². The van der Waals surface area contributed by atoms with Gasteiger partial charge >= 0.3 is 0 Å². The lowest BCUT2D eigenvalue weighted by Gasteiger charge is -1.99. The van der Waals surface area contributed by atoms with Gasteiger partial charge in [0.15, 0.2) is 0 Å². The van der Waals surface area contributed by atoms with Crippen LogP contribution in [0.15, 0.2) is 18.2 Å². The number of alkyl halides is 1. The van der Waals surface area contributed by atoms with E-state index in [9.17, 15) is 14.5 Å². The number of nitro groups is 1. The number of nitro benzene ring substituents is 1. The quantitative estimate of drug-likeness (QED) is 0.416. The summed E-state index contributed by atoms with van der Waals surface area (Å²) in [6.45, 7) is -0.784. The molecule has 0 aliphatic rings. The predicted molar refractivity (Wildman–Crippen MR) is 42.3 cm³/mol. The molecular weight excluding hydrogens is 163 g/mol. The van der Waals surface area contributed by atoms with Gasteiger partial charge in [0.25, 0.3) is 5.69 Å². The highest BCUT2D eigenvalue weighted by Gasteiger charge is 2.07. The van der Waals surface area contributed by atoms with Crippen molar-refractivity contribution in [3.63, 3.8) is 0 Å². The average Bonchev–Trinajstić information content (AvgIpc) is 2.05. The Balaban J connectivity index is 3.13. The van der Waals surface area contributed by atoms with Gasteiger partial charge in [-0.15, -0.1) is 0 Å². The third-order valence-electron chi connectivity index (χ3n) is 1.48. The molecule has 0 aromatic heterocycles. The number of nitrogens with zero attached hydrogens (tertiary/aromatic N) is 1. The van der Waals surface area contributed by atoms with Crippen LogP contribution in [0.4, 0.5) is 15.8 Å². The Hall–Kier alpha value is -1.65. The Bertz CT molecular complexity index is 314. The Labute approximate surface area is 68.0 Å². The minimum atomic E-state index is -0.784. The topological polar surface area (TPSA) is 69.2 Å². The SMILES string of the molecule is Nc1ccc([N+](=O)[O-])cc1CF. The van der Waals surface area contributed by atoms with E-state index in [-0.39, 0.29) is 16.9 Å². The third-order valence-corrected chi connectivity index (χ3v) is 1.48. The van der Waals surface area contributed by atoms with Crippen LogP contribution in [-0.2, 0) is 6.67 Å². The molecule has 1 aromatic carbocycles. The number of hydrogen-bond acceptors (Lipinski definition) is 3. The molecule has 0 fully saturated rings. The van der Waals surface area contributed by atoms with Crippen LogP contribution in [-0.4, -0.2) is 4.92 Å². The highest BCUT2D eigenvalue weighted by Crippen LogP contribution is 2.19. The monoisotopic (exact) mass is 170 g/mol. The molecule has 4 nitrogen and oxygen atoms in total. The Morgan fingerprint density at radius 2 is 2.25 bits per heavy atom. The minimum absolute atomic E-state index is 0.142. The Morgan fingerprint density at radius 3 is 2.75 bits per heavy atom. The zero-order chi connectivity index (χ0) is 9.14. The zero-order valence-electron chi connectivity index (χ0n) is 6.16. The van der Waals surface area contributed by atoms with Gasteiger partial charge in [0.05, 0.1) is 4.92 Å². The molecule has 5 heteroatoms. The van der Waals surface area contributed by atoms with Crippen molar-refractivity contribution in [1.82, 2.24) is 0 Å². The van der Waals surface area contributed by atoms with E-state index in [2.05, 4.69) is 0 Å². The molecule has 0 radical (unpaired) electrons. The molecule has 0 aliphatic carbocycles. The zero-order valence-corrected chi connectivity index (χ0v) is 6.16. The van der Waals surface area contributed by atoms with Crippen LogP contribution in [0.2, 0.25) is 0 Å². The van der Waals surface area contributed by atoms with Crippen LogP contribution in [0.1, 0.15) is 5.56 Å². The third kappa shape index (κ3) is 1.50. The van der Waals surface area contributed by atoms with Crippen LogP contribution in [0.25, 0.3) is 0 Å². The highest BCUT2D eigenvalue weighted by molar-refractivity contribution is 5.52. The summed E-state index contributed by atoms with van der Waals surface area (Å²) >= 11 is 0. The normalized spacial score (nSPS) is 9.75. The number of non-ortho nitro benzene ring substituents is 1. The second-order valence-electron chi connectivity index (χ2n) is 2.27. The van der Waals surface area contributed by atoms with E-state index in [1.165, 1.54) is 12.1 Å². The van der Waals surface area contributed by atoms with Crippen LogP contribution in [0.3, 0.4) is 0 Å². The van der Waals surface area contributed by atoms with E-state index in [0.717, 1.165) is 6.07 Å². The van der Waals surface area contributed by atoms with E-state index in [1.807, 2.05) is 0 Å². The molecule has 0 saturated heterocycles. The van der Waals surface area contributed by atoms with Crippen LogP contribution in [0, 0.1) is 10.1 Å². The summed E-state index contributed by atoms with van der Waals surface area (Å²) in [5.41, 5.74) is 5.59. The van der Waals surface area contributed by atoms with Crippen molar-refractivity contribution in [3.8, 4) is 0 Å². The van der Waals surface area contributed by atoms with E-state index < -0.39 is 11.6 Å². The number of benzene rings is 1. The number of halogens is 1. The summed E-state index contributed by atoms with van der Waals surface area (Å²) < 4.78 is 12.1. The van der Waals surface area contributed by atoms with Gasteiger partial charge in [-0.3, -0.25) is 10.1 Å². The molecule has 64 valence electrons. The first-order valence-electron chi connectivity index (χ1n) is 3.24. The smallest absolute Gasteiger partial charge is 0.269 e. The molecule has 0 heterocycles. The number of hydrogen-bond donors (Lipinski definition) is 1. The van der Waals surface area contributed by atoms with Gasteiger partial charge in [-0.05, 0) is 6.07 Å². The molecule has 0 amide bonds. The molecule has 1 rings (SSSR count). The summed E-state index contributed by atoms with van der Waals surface area (Å²) in [5.74, 6) is 0. The van der Waals surface area contributed by atoms with Crippen molar-refractivity contribution in [2.24, 2.45) is 0 Å². The second-order valence-corrected chi connectivity index (χ2v) is 2.27.